The number of allylic oxidation sites excluding steroid dienone is 1. The largest absolute Gasteiger partial charge is 0.445 e. The zero-order valence-electron chi connectivity index (χ0n) is 14.7. The number of carbonyl (C=O) groups is 3. The van der Waals surface area contributed by atoms with Crippen molar-refractivity contribution >= 4 is 17.9 Å². The molecule has 2 rings (SSSR count). The Kier molecular flexibility index (Phi) is 7.31. The molecule has 3 amide bonds. The lowest BCUT2D eigenvalue weighted by molar-refractivity contribution is -0.412. The van der Waals surface area contributed by atoms with Crippen molar-refractivity contribution in [1.82, 2.24) is 10.4 Å². The number of carbonyl (C=O) groups excluding carboxylic acids is 3. The Hall–Kier alpha value is -2.71. The summed E-state index contributed by atoms with van der Waals surface area (Å²) < 4.78 is 5.17. The molecule has 0 aromatic heterocycles. The molecule has 0 radical (unpaired) electrons. The van der Waals surface area contributed by atoms with Crippen LogP contribution in [-0.2, 0) is 30.8 Å². The van der Waals surface area contributed by atoms with Crippen LogP contribution in [0.15, 0.2) is 42.5 Å². The molecule has 26 heavy (non-hydrogen) atoms. The van der Waals surface area contributed by atoms with E-state index in [9.17, 15) is 14.4 Å². The van der Waals surface area contributed by atoms with Gasteiger partial charge in [0.1, 0.15) is 12.7 Å². The van der Waals surface area contributed by atoms with Crippen LogP contribution in [0.1, 0.15) is 32.3 Å². The highest BCUT2D eigenvalue weighted by molar-refractivity contribution is 6.00. The van der Waals surface area contributed by atoms with E-state index in [1.165, 1.54) is 0 Å². The first-order chi connectivity index (χ1) is 12.5. The first-order valence-corrected chi connectivity index (χ1v) is 8.30. The highest BCUT2D eigenvalue weighted by Gasteiger charge is 2.32. The molecule has 0 saturated carbocycles. The van der Waals surface area contributed by atoms with Gasteiger partial charge in [0.15, 0.2) is 0 Å². The maximum Gasteiger partial charge on any atom is 0.408 e. The molecule has 0 spiro atoms. The number of hydrogen-bond donors (Lipinski definition) is 1. The van der Waals surface area contributed by atoms with E-state index in [0.29, 0.717) is 5.06 Å². The molecule has 1 aliphatic heterocycles. The Morgan fingerprint density at radius 1 is 1.23 bits per heavy atom. The molecule has 0 bridgehead atoms. The summed E-state index contributed by atoms with van der Waals surface area (Å²) in [5.41, 5.74) is 0.865. The van der Waals surface area contributed by atoms with E-state index in [1.54, 1.807) is 26.0 Å². The fourth-order valence-corrected chi connectivity index (χ4v) is 2.24. The number of benzene rings is 1. The number of alkyl carbamates (subject to hydrolysis) is 1. The molecule has 1 heterocycles. The normalized spacial score (nSPS) is 16.8. The first kappa shape index (κ1) is 19.6. The molecular weight excluding hydrogens is 340 g/mol. The van der Waals surface area contributed by atoms with Crippen molar-refractivity contribution in [2.75, 3.05) is 0 Å². The molecular formula is C18H22N2O6. The molecule has 1 saturated heterocycles. The van der Waals surface area contributed by atoms with E-state index in [0.717, 1.165) is 5.56 Å². The molecule has 140 valence electrons. The van der Waals surface area contributed by atoms with Crippen molar-refractivity contribution in [3.8, 4) is 0 Å². The van der Waals surface area contributed by atoms with Gasteiger partial charge in [0.2, 0.25) is 0 Å². The molecule has 1 aromatic rings. The van der Waals surface area contributed by atoms with E-state index >= 15 is 0 Å². The fraction of sp³-hybridized carbons (Fsp3) is 0.389. The molecule has 8 nitrogen and oxygen atoms in total. The molecule has 0 aliphatic carbocycles. The smallest absolute Gasteiger partial charge is 0.408 e. The summed E-state index contributed by atoms with van der Waals surface area (Å²) in [4.78, 5) is 44.9. The van der Waals surface area contributed by atoms with E-state index in [-0.39, 0.29) is 19.4 Å². The number of hydrogen-bond acceptors (Lipinski definition) is 6. The van der Waals surface area contributed by atoms with E-state index < -0.39 is 30.1 Å². The van der Waals surface area contributed by atoms with E-state index in [4.69, 9.17) is 14.6 Å². The van der Waals surface area contributed by atoms with Crippen molar-refractivity contribution < 1.29 is 29.0 Å². The maximum atomic E-state index is 12.0. The zero-order valence-corrected chi connectivity index (χ0v) is 14.7. The molecule has 1 N–H and O–H groups in total. The first-order valence-electron chi connectivity index (χ1n) is 8.30. The topological polar surface area (TPSA) is 94.2 Å². The second-order valence-corrected chi connectivity index (χ2v) is 5.72. The summed E-state index contributed by atoms with van der Waals surface area (Å²) in [7, 11) is 0. The summed E-state index contributed by atoms with van der Waals surface area (Å²) in [6, 6.07) is 8.71. The van der Waals surface area contributed by atoms with Gasteiger partial charge in [-0.1, -0.05) is 42.5 Å². The van der Waals surface area contributed by atoms with Crippen molar-refractivity contribution in [2.24, 2.45) is 0 Å². The molecule has 2 unspecified atom stereocenters. The Balaban J connectivity index is 1.83. The second-order valence-electron chi connectivity index (χ2n) is 5.72. The highest BCUT2D eigenvalue weighted by atomic mass is 17.3. The third kappa shape index (κ3) is 5.68. The summed E-state index contributed by atoms with van der Waals surface area (Å²) in [6.07, 6.45) is 2.31. The molecule has 2 atom stereocenters. The summed E-state index contributed by atoms with van der Waals surface area (Å²) in [5, 5.41) is 3.24. The van der Waals surface area contributed by atoms with Crippen LogP contribution in [0.3, 0.4) is 0 Å². The molecule has 1 aromatic carbocycles. The number of hydroxylamine groups is 2. The molecule has 1 fully saturated rings. The summed E-state index contributed by atoms with van der Waals surface area (Å²) in [6.45, 7) is 3.55. The molecule has 8 heteroatoms. The Morgan fingerprint density at radius 2 is 1.88 bits per heavy atom. The molecule has 1 aliphatic rings. The second kappa shape index (κ2) is 9.69. The van der Waals surface area contributed by atoms with Gasteiger partial charge in [-0.05, 0) is 19.4 Å². The predicted octanol–water partition coefficient (Wildman–Crippen LogP) is 2.26. The van der Waals surface area contributed by atoms with E-state index in [2.05, 4.69) is 5.32 Å². The summed E-state index contributed by atoms with van der Waals surface area (Å²) in [5.74, 6) is -0.917. The van der Waals surface area contributed by atoms with Gasteiger partial charge < -0.3 is 10.1 Å². The Labute approximate surface area is 151 Å². The van der Waals surface area contributed by atoms with Crippen LogP contribution < -0.4 is 5.32 Å². The number of imide groups is 1. The minimum absolute atomic E-state index is 0.0962. The van der Waals surface area contributed by atoms with Crippen LogP contribution in [0, 0.1) is 0 Å². The monoisotopic (exact) mass is 362 g/mol. The zero-order chi connectivity index (χ0) is 18.9. The average molecular weight is 362 g/mol. The van der Waals surface area contributed by atoms with Crippen molar-refractivity contribution in [3.05, 3.63) is 48.0 Å². The Morgan fingerprint density at radius 3 is 2.50 bits per heavy atom. The number of amides is 3. The summed E-state index contributed by atoms with van der Waals surface area (Å²) >= 11 is 0. The van der Waals surface area contributed by atoms with Crippen molar-refractivity contribution in [3.63, 3.8) is 0 Å². The van der Waals surface area contributed by atoms with Crippen LogP contribution in [0.5, 0.6) is 0 Å². The van der Waals surface area contributed by atoms with Crippen molar-refractivity contribution in [2.45, 2.75) is 45.4 Å². The van der Waals surface area contributed by atoms with Gasteiger partial charge in [0.25, 0.3) is 11.8 Å². The minimum atomic E-state index is -0.670. The van der Waals surface area contributed by atoms with Gasteiger partial charge in [-0.2, -0.15) is 0 Å². The number of ether oxygens (including phenoxy) is 1. The van der Waals surface area contributed by atoms with E-state index in [1.807, 2.05) is 30.3 Å². The fourth-order valence-electron chi connectivity index (χ4n) is 2.24. The number of nitrogens with one attached hydrogen (secondary N) is 1. The lowest BCUT2D eigenvalue weighted by atomic mass is 10.2. The van der Waals surface area contributed by atoms with Crippen LogP contribution in [-0.4, -0.2) is 35.1 Å². The van der Waals surface area contributed by atoms with Crippen LogP contribution >= 0.6 is 0 Å². The van der Waals surface area contributed by atoms with Gasteiger partial charge in [0.05, 0.1) is 6.04 Å². The number of rotatable bonds is 8. The minimum Gasteiger partial charge on any atom is -0.445 e. The highest BCUT2D eigenvalue weighted by Crippen LogP contribution is 2.14. The SMILES string of the molecule is C/C=C\C(NC(=O)OCc1ccccc1)C(C)OON1C(=O)CCC1=O. The maximum absolute atomic E-state index is 12.0. The van der Waals surface area contributed by atoms with Gasteiger partial charge in [0, 0.05) is 12.8 Å². The predicted molar refractivity (Wildman–Crippen MR) is 91.1 cm³/mol. The van der Waals surface area contributed by atoms with Gasteiger partial charge >= 0.3 is 6.09 Å². The quantitative estimate of drug-likeness (QED) is 0.330. The van der Waals surface area contributed by atoms with Gasteiger partial charge in [-0.3, -0.25) is 9.59 Å². The van der Waals surface area contributed by atoms with Crippen molar-refractivity contribution in [1.29, 1.82) is 0 Å². The standard InChI is InChI=1S/C18H22N2O6/c1-3-7-15(13(2)25-26-20-16(21)10-11-17(20)22)19-18(23)24-12-14-8-5-4-6-9-14/h3-9,13,15H,10-12H2,1-2H3,(H,19,23)/b7-3-. The van der Waals surface area contributed by atoms with Gasteiger partial charge in [-0.15, -0.1) is 10.1 Å². The third-order valence-electron chi connectivity index (χ3n) is 3.68. The lowest BCUT2D eigenvalue weighted by Gasteiger charge is -2.22. The average Bonchev–Trinajstić information content (AvgIpc) is 2.96. The van der Waals surface area contributed by atoms with Crippen LogP contribution in [0.25, 0.3) is 0 Å². The van der Waals surface area contributed by atoms with Gasteiger partial charge in [-0.25, -0.2) is 9.68 Å². The third-order valence-corrected chi connectivity index (χ3v) is 3.68. The lowest BCUT2D eigenvalue weighted by Crippen LogP contribution is -2.43. The van der Waals surface area contributed by atoms with Crippen LogP contribution in [0.4, 0.5) is 4.79 Å². The Bertz CT molecular complexity index is 645. The van der Waals surface area contributed by atoms with Crippen LogP contribution in [0.2, 0.25) is 0 Å². The number of nitrogens with zero attached hydrogens (tertiary/aromatic N) is 1.